The van der Waals surface area contributed by atoms with Gasteiger partial charge in [0.1, 0.15) is 12.4 Å². The lowest BCUT2D eigenvalue weighted by molar-refractivity contribution is -0.145. The molecule has 2 amide bonds. The van der Waals surface area contributed by atoms with Crippen molar-refractivity contribution in [2.24, 2.45) is 11.0 Å². The van der Waals surface area contributed by atoms with Crippen LogP contribution in [-0.2, 0) is 14.3 Å². The number of amides is 2. The van der Waals surface area contributed by atoms with E-state index >= 15 is 0 Å². The Balaban J connectivity index is 1.39. The highest BCUT2D eigenvalue weighted by atomic mass is 35.5. The van der Waals surface area contributed by atoms with E-state index in [9.17, 15) is 14.0 Å². The predicted molar refractivity (Wildman–Crippen MR) is 140 cm³/mol. The third-order valence-corrected chi connectivity index (χ3v) is 7.83. The van der Waals surface area contributed by atoms with Gasteiger partial charge in [-0.25, -0.2) is 9.40 Å². The van der Waals surface area contributed by atoms with Crippen molar-refractivity contribution in [2.75, 3.05) is 45.9 Å². The summed E-state index contributed by atoms with van der Waals surface area (Å²) in [6.45, 7) is 4.02. The van der Waals surface area contributed by atoms with Crippen molar-refractivity contribution in [2.45, 2.75) is 31.7 Å². The second-order valence-corrected chi connectivity index (χ2v) is 10.3. The number of hydrogen-bond acceptors (Lipinski definition) is 5. The monoisotopic (exact) mass is 526 g/mol. The average Bonchev–Trinajstić information content (AvgIpc) is 3.31. The minimum absolute atomic E-state index is 0.0183. The minimum Gasteiger partial charge on any atom is -0.379 e. The Kier molecular flexibility index (Phi) is 8.17. The van der Waals surface area contributed by atoms with Gasteiger partial charge < -0.3 is 9.64 Å². The second-order valence-electron chi connectivity index (χ2n) is 9.85. The lowest BCUT2D eigenvalue weighted by Gasteiger charge is -2.34. The molecule has 0 radical (unpaired) electrons. The number of carbonyl (C=O) groups is 2. The number of ether oxygens (including phenoxy) is 1. The molecule has 0 aromatic heterocycles. The summed E-state index contributed by atoms with van der Waals surface area (Å²) >= 11 is 6.43. The van der Waals surface area contributed by atoms with E-state index in [1.807, 2.05) is 18.2 Å². The summed E-state index contributed by atoms with van der Waals surface area (Å²) in [6, 6.07) is 13.1. The van der Waals surface area contributed by atoms with Crippen molar-refractivity contribution < 1.29 is 18.7 Å². The molecule has 1 saturated carbocycles. The molecule has 2 aromatic rings. The van der Waals surface area contributed by atoms with Gasteiger partial charge in [-0.3, -0.25) is 14.5 Å². The third kappa shape index (κ3) is 5.87. The molecule has 0 N–H and O–H groups in total. The van der Waals surface area contributed by atoms with Crippen LogP contribution in [0.3, 0.4) is 0 Å². The number of hydrogen-bond donors (Lipinski definition) is 0. The maximum atomic E-state index is 14.9. The van der Waals surface area contributed by atoms with E-state index in [-0.39, 0.29) is 24.3 Å². The van der Waals surface area contributed by atoms with Gasteiger partial charge in [-0.1, -0.05) is 54.4 Å². The zero-order valence-electron chi connectivity index (χ0n) is 20.8. The Bertz CT molecular complexity index is 1170. The van der Waals surface area contributed by atoms with Crippen LogP contribution in [0.5, 0.6) is 0 Å². The van der Waals surface area contributed by atoms with E-state index in [1.54, 1.807) is 29.2 Å². The van der Waals surface area contributed by atoms with Gasteiger partial charge in [0.15, 0.2) is 0 Å². The van der Waals surface area contributed by atoms with Crippen LogP contribution in [0.1, 0.15) is 42.9 Å². The van der Waals surface area contributed by atoms with Crippen molar-refractivity contribution in [1.82, 2.24) is 14.8 Å². The van der Waals surface area contributed by atoms with Crippen molar-refractivity contribution in [1.29, 1.82) is 0 Å². The summed E-state index contributed by atoms with van der Waals surface area (Å²) < 4.78 is 20.3. The molecular formula is C28H32ClFN4O3. The first-order valence-electron chi connectivity index (χ1n) is 13.0. The Labute approximate surface area is 221 Å². The number of nitrogens with zero attached hydrogens (tertiary/aromatic N) is 4. The zero-order valence-corrected chi connectivity index (χ0v) is 21.6. The number of morpholine rings is 1. The lowest BCUT2D eigenvalue weighted by atomic mass is 9.84. The molecule has 2 heterocycles. The smallest absolute Gasteiger partial charge is 0.262 e. The van der Waals surface area contributed by atoms with Gasteiger partial charge in [0.25, 0.3) is 5.91 Å². The standard InChI is InChI=1S/C28H32ClFN4O3/c29-23-10-3-1-8-21(23)25-18-26(22-9-2-4-11-24(22)30)34(31-25)27(35)19-33(28(36)20-6-5-7-20)13-12-32-14-16-37-17-15-32/h1-4,8-11,20,26H,5-7,12-19H2. The van der Waals surface area contributed by atoms with Gasteiger partial charge in [0.05, 0.1) is 25.0 Å². The van der Waals surface area contributed by atoms with Crippen LogP contribution in [0.25, 0.3) is 0 Å². The number of rotatable bonds is 8. The predicted octanol–water partition coefficient (Wildman–Crippen LogP) is 4.12. The lowest BCUT2D eigenvalue weighted by Crippen LogP contribution is -2.49. The van der Waals surface area contributed by atoms with E-state index in [0.29, 0.717) is 49.0 Å². The average molecular weight is 527 g/mol. The molecule has 1 atom stereocenters. The van der Waals surface area contributed by atoms with Gasteiger partial charge in [0.2, 0.25) is 5.91 Å². The quantitative estimate of drug-likeness (QED) is 0.519. The van der Waals surface area contributed by atoms with Crippen LogP contribution >= 0.6 is 11.6 Å². The molecule has 1 saturated heterocycles. The molecule has 1 unspecified atom stereocenters. The fraction of sp³-hybridized carbons (Fsp3) is 0.464. The molecule has 2 aliphatic heterocycles. The first-order chi connectivity index (χ1) is 18.0. The SMILES string of the molecule is O=C(C1CCC1)N(CCN1CCOCC1)CC(=O)N1N=C(c2ccccc2Cl)CC1c1ccccc1F. The molecule has 0 bridgehead atoms. The molecule has 3 aliphatic rings. The molecular weight excluding hydrogens is 495 g/mol. The number of hydrazone groups is 1. The van der Waals surface area contributed by atoms with Crippen molar-refractivity contribution in [3.63, 3.8) is 0 Å². The van der Waals surface area contributed by atoms with Crippen LogP contribution in [0.4, 0.5) is 4.39 Å². The first kappa shape index (κ1) is 25.8. The van der Waals surface area contributed by atoms with Crippen LogP contribution in [0.2, 0.25) is 5.02 Å². The molecule has 5 rings (SSSR count). The normalized spacial score (nSPS) is 20.4. The molecule has 2 aromatic carbocycles. The molecule has 9 heteroatoms. The van der Waals surface area contributed by atoms with Gasteiger partial charge in [0, 0.05) is 54.7 Å². The maximum absolute atomic E-state index is 14.9. The zero-order chi connectivity index (χ0) is 25.8. The van der Waals surface area contributed by atoms with Gasteiger partial charge in [-0.15, -0.1) is 0 Å². The molecule has 2 fully saturated rings. The molecule has 0 spiro atoms. The summed E-state index contributed by atoms with van der Waals surface area (Å²) in [6.07, 6.45) is 3.09. The Morgan fingerprint density at radius 1 is 1.08 bits per heavy atom. The highest BCUT2D eigenvalue weighted by Crippen LogP contribution is 2.36. The molecule has 196 valence electrons. The van der Waals surface area contributed by atoms with Crippen LogP contribution in [0.15, 0.2) is 53.6 Å². The van der Waals surface area contributed by atoms with E-state index < -0.39 is 11.9 Å². The summed E-state index contributed by atoms with van der Waals surface area (Å²) in [4.78, 5) is 30.9. The number of carbonyl (C=O) groups excluding carboxylic acids is 2. The molecule has 7 nitrogen and oxygen atoms in total. The Hall–Kier alpha value is -2.81. The topological polar surface area (TPSA) is 65.5 Å². The summed E-state index contributed by atoms with van der Waals surface area (Å²) in [5.41, 5.74) is 1.74. The van der Waals surface area contributed by atoms with E-state index in [2.05, 4.69) is 10.0 Å². The van der Waals surface area contributed by atoms with Gasteiger partial charge in [-0.05, 0) is 25.0 Å². The van der Waals surface area contributed by atoms with Crippen molar-refractivity contribution in [3.8, 4) is 0 Å². The van der Waals surface area contributed by atoms with E-state index in [1.165, 1.54) is 11.1 Å². The van der Waals surface area contributed by atoms with E-state index in [0.717, 1.165) is 37.9 Å². The van der Waals surface area contributed by atoms with Gasteiger partial charge >= 0.3 is 0 Å². The van der Waals surface area contributed by atoms with E-state index in [4.69, 9.17) is 16.3 Å². The van der Waals surface area contributed by atoms with Crippen LogP contribution in [0, 0.1) is 11.7 Å². The molecule has 1 aliphatic carbocycles. The summed E-state index contributed by atoms with van der Waals surface area (Å²) in [7, 11) is 0. The highest BCUT2D eigenvalue weighted by molar-refractivity contribution is 6.34. The minimum atomic E-state index is -0.611. The summed E-state index contributed by atoms with van der Waals surface area (Å²) in [5.74, 6) is -0.731. The second kappa shape index (κ2) is 11.7. The maximum Gasteiger partial charge on any atom is 0.262 e. The van der Waals surface area contributed by atoms with Crippen LogP contribution in [-0.4, -0.2) is 78.3 Å². The highest BCUT2D eigenvalue weighted by Gasteiger charge is 2.37. The number of benzene rings is 2. The Morgan fingerprint density at radius 2 is 1.81 bits per heavy atom. The van der Waals surface area contributed by atoms with Crippen LogP contribution < -0.4 is 0 Å². The summed E-state index contributed by atoms with van der Waals surface area (Å²) in [5, 5.41) is 6.52. The number of halogens is 2. The van der Waals surface area contributed by atoms with Crippen molar-refractivity contribution in [3.05, 3.63) is 70.5 Å². The molecule has 37 heavy (non-hydrogen) atoms. The largest absolute Gasteiger partial charge is 0.379 e. The first-order valence-corrected chi connectivity index (χ1v) is 13.4. The van der Waals surface area contributed by atoms with Gasteiger partial charge in [-0.2, -0.15) is 5.10 Å². The fourth-order valence-electron chi connectivity index (χ4n) is 5.09. The fourth-order valence-corrected chi connectivity index (χ4v) is 5.33. The third-order valence-electron chi connectivity index (χ3n) is 7.50. The Morgan fingerprint density at radius 3 is 2.51 bits per heavy atom. The van der Waals surface area contributed by atoms with Crippen molar-refractivity contribution >= 4 is 29.1 Å².